The molecule has 0 fully saturated rings. The highest BCUT2D eigenvalue weighted by Gasteiger charge is 2.27. The second-order valence-electron chi connectivity index (χ2n) is 7.81. The van der Waals surface area contributed by atoms with Gasteiger partial charge >= 0.3 is 5.97 Å². The summed E-state index contributed by atoms with van der Waals surface area (Å²) >= 11 is 6.18. The summed E-state index contributed by atoms with van der Waals surface area (Å²) in [6.45, 7) is 3.57. The molecular formula is C25H25ClN2O5S. The van der Waals surface area contributed by atoms with Gasteiger partial charge in [0.1, 0.15) is 6.54 Å². The summed E-state index contributed by atoms with van der Waals surface area (Å²) in [5, 5.41) is 2.79. The van der Waals surface area contributed by atoms with Crippen LogP contribution in [0.15, 0.2) is 77.7 Å². The van der Waals surface area contributed by atoms with Gasteiger partial charge in [-0.15, -0.1) is 0 Å². The molecule has 0 saturated heterocycles. The lowest BCUT2D eigenvalue weighted by molar-refractivity contribution is -0.114. The Balaban J connectivity index is 1.94. The largest absolute Gasteiger partial charge is 0.465 e. The van der Waals surface area contributed by atoms with Crippen LogP contribution in [0.4, 0.5) is 11.4 Å². The van der Waals surface area contributed by atoms with Crippen molar-refractivity contribution in [3.63, 3.8) is 0 Å². The van der Waals surface area contributed by atoms with Crippen molar-refractivity contribution in [1.82, 2.24) is 0 Å². The number of methoxy groups -OCH3 is 1. The van der Waals surface area contributed by atoms with E-state index in [9.17, 15) is 18.0 Å². The van der Waals surface area contributed by atoms with Gasteiger partial charge in [-0.05, 0) is 53.9 Å². The number of sulfonamides is 1. The van der Waals surface area contributed by atoms with Crippen LogP contribution in [0.25, 0.3) is 0 Å². The predicted molar refractivity (Wildman–Crippen MR) is 133 cm³/mol. The second-order valence-corrected chi connectivity index (χ2v) is 10.1. The summed E-state index contributed by atoms with van der Waals surface area (Å²) in [6.07, 6.45) is 0. The average Bonchev–Trinajstić information content (AvgIpc) is 2.84. The van der Waals surface area contributed by atoms with E-state index < -0.39 is 28.4 Å². The summed E-state index contributed by atoms with van der Waals surface area (Å²) in [5.41, 5.74) is 1.75. The number of benzene rings is 3. The van der Waals surface area contributed by atoms with E-state index in [0.717, 1.165) is 9.87 Å². The van der Waals surface area contributed by atoms with E-state index in [-0.39, 0.29) is 27.1 Å². The Hall–Kier alpha value is -3.36. The molecule has 0 saturated carbocycles. The number of ether oxygens (including phenoxy) is 1. The van der Waals surface area contributed by atoms with Crippen LogP contribution in [-0.4, -0.2) is 33.9 Å². The molecule has 9 heteroatoms. The van der Waals surface area contributed by atoms with Crippen LogP contribution in [0.5, 0.6) is 0 Å². The van der Waals surface area contributed by atoms with Crippen LogP contribution in [0.3, 0.4) is 0 Å². The molecule has 0 bridgehead atoms. The first-order chi connectivity index (χ1) is 16.1. The lowest BCUT2D eigenvalue weighted by atomic mass is 10.0. The number of hydrogen-bond acceptors (Lipinski definition) is 5. The quantitative estimate of drug-likeness (QED) is 0.435. The molecule has 0 radical (unpaired) electrons. The number of carbonyl (C=O) groups is 2. The summed E-state index contributed by atoms with van der Waals surface area (Å²) in [4.78, 5) is 24.8. The van der Waals surface area contributed by atoms with Crippen LogP contribution in [-0.2, 0) is 19.6 Å². The Kier molecular flexibility index (Phi) is 7.96. The number of hydrogen-bond donors (Lipinski definition) is 1. The van der Waals surface area contributed by atoms with Crippen molar-refractivity contribution >= 4 is 44.9 Å². The topological polar surface area (TPSA) is 92.8 Å². The highest BCUT2D eigenvalue weighted by atomic mass is 35.5. The van der Waals surface area contributed by atoms with Gasteiger partial charge in [-0.25, -0.2) is 13.2 Å². The first-order valence-corrected chi connectivity index (χ1v) is 12.3. The lowest BCUT2D eigenvalue weighted by Gasteiger charge is -2.24. The molecule has 0 aliphatic rings. The fourth-order valence-electron chi connectivity index (χ4n) is 3.25. The van der Waals surface area contributed by atoms with Crippen molar-refractivity contribution < 1.29 is 22.7 Å². The number of nitrogens with one attached hydrogen (secondary N) is 1. The Morgan fingerprint density at radius 1 is 1.00 bits per heavy atom. The number of halogens is 1. The number of rotatable bonds is 8. The SMILES string of the molecule is COC(=O)c1ccc(Cl)c(NC(=O)CN(c2ccc(C(C)C)cc2)S(=O)(=O)c2ccccc2)c1. The maximum atomic E-state index is 13.4. The van der Waals surface area contributed by atoms with Crippen molar-refractivity contribution in [2.45, 2.75) is 24.7 Å². The smallest absolute Gasteiger partial charge is 0.337 e. The second kappa shape index (κ2) is 10.7. The molecule has 0 spiro atoms. The highest BCUT2D eigenvalue weighted by molar-refractivity contribution is 7.92. The standard InChI is InChI=1S/C25H25ClN2O5S/c1-17(2)18-9-12-20(13-10-18)28(34(31,32)21-7-5-4-6-8-21)16-24(29)27-23-15-19(25(30)33-3)11-14-22(23)26/h4-15,17H,16H2,1-3H3,(H,27,29). The minimum absolute atomic E-state index is 0.0569. The number of anilines is 2. The van der Waals surface area contributed by atoms with Gasteiger partial charge in [-0.2, -0.15) is 0 Å². The Bertz CT molecular complexity index is 1280. The fraction of sp³-hybridized carbons (Fsp3) is 0.200. The normalized spacial score (nSPS) is 11.2. The van der Waals surface area contributed by atoms with E-state index in [1.54, 1.807) is 30.3 Å². The summed E-state index contributed by atoms with van der Waals surface area (Å²) < 4.78 is 32.6. The maximum absolute atomic E-state index is 13.4. The molecule has 0 aliphatic carbocycles. The van der Waals surface area contributed by atoms with Crippen LogP contribution < -0.4 is 9.62 Å². The molecule has 3 aromatic rings. The van der Waals surface area contributed by atoms with E-state index >= 15 is 0 Å². The van der Waals surface area contributed by atoms with Crippen molar-refractivity contribution in [2.75, 3.05) is 23.3 Å². The van der Waals surface area contributed by atoms with Gasteiger partial charge in [0, 0.05) is 0 Å². The molecule has 0 unspecified atom stereocenters. The third-order valence-corrected chi connectivity index (χ3v) is 7.25. The zero-order valence-corrected chi connectivity index (χ0v) is 20.6. The molecule has 0 atom stereocenters. The predicted octanol–water partition coefficient (Wildman–Crippen LogP) is 5.08. The van der Waals surface area contributed by atoms with Gasteiger partial charge in [0.05, 0.1) is 34.0 Å². The molecule has 0 aliphatic heterocycles. The highest BCUT2D eigenvalue weighted by Crippen LogP contribution is 2.27. The molecule has 34 heavy (non-hydrogen) atoms. The molecule has 1 N–H and O–H groups in total. The number of carbonyl (C=O) groups excluding carboxylic acids is 2. The van der Waals surface area contributed by atoms with Gasteiger partial charge < -0.3 is 10.1 Å². The van der Waals surface area contributed by atoms with Gasteiger partial charge in [0.25, 0.3) is 10.0 Å². The molecule has 3 rings (SSSR count). The van der Waals surface area contributed by atoms with E-state index in [1.807, 2.05) is 26.0 Å². The Labute approximate surface area is 204 Å². The van der Waals surface area contributed by atoms with Crippen molar-refractivity contribution in [3.8, 4) is 0 Å². The summed E-state index contributed by atoms with van der Waals surface area (Å²) in [6, 6.07) is 19.2. The maximum Gasteiger partial charge on any atom is 0.337 e. The molecular weight excluding hydrogens is 476 g/mol. The first kappa shape index (κ1) is 25.3. The van der Waals surface area contributed by atoms with Gasteiger partial charge in [0.2, 0.25) is 5.91 Å². The van der Waals surface area contributed by atoms with Gasteiger partial charge in [-0.3, -0.25) is 9.10 Å². The van der Waals surface area contributed by atoms with Crippen molar-refractivity contribution in [1.29, 1.82) is 0 Å². The third kappa shape index (κ3) is 5.76. The number of amides is 1. The van der Waals surface area contributed by atoms with Crippen molar-refractivity contribution in [3.05, 3.63) is 88.9 Å². The molecule has 178 valence electrons. The first-order valence-electron chi connectivity index (χ1n) is 10.5. The average molecular weight is 501 g/mol. The molecule has 1 amide bonds. The zero-order valence-electron chi connectivity index (χ0n) is 19.0. The number of esters is 1. The van der Waals surface area contributed by atoms with E-state index in [4.69, 9.17) is 16.3 Å². The van der Waals surface area contributed by atoms with Crippen LogP contribution in [0, 0.1) is 0 Å². The van der Waals surface area contributed by atoms with E-state index in [2.05, 4.69) is 5.32 Å². The van der Waals surface area contributed by atoms with Crippen molar-refractivity contribution in [2.24, 2.45) is 0 Å². The Morgan fingerprint density at radius 3 is 2.24 bits per heavy atom. The Morgan fingerprint density at radius 2 is 1.65 bits per heavy atom. The number of nitrogens with zero attached hydrogens (tertiary/aromatic N) is 1. The molecule has 7 nitrogen and oxygen atoms in total. The molecule has 0 heterocycles. The molecule has 0 aromatic heterocycles. The zero-order chi connectivity index (χ0) is 24.9. The summed E-state index contributed by atoms with van der Waals surface area (Å²) in [5.74, 6) is -0.956. The van der Waals surface area contributed by atoms with Crippen LogP contribution in [0.1, 0.15) is 35.7 Å². The van der Waals surface area contributed by atoms with E-state index in [0.29, 0.717) is 5.69 Å². The van der Waals surface area contributed by atoms with Crippen LogP contribution >= 0.6 is 11.6 Å². The van der Waals surface area contributed by atoms with E-state index in [1.165, 1.54) is 37.4 Å². The van der Waals surface area contributed by atoms with Crippen LogP contribution in [0.2, 0.25) is 5.02 Å². The minimum Gasteiger partial charge on any atom is -0.465 e. The minimum atomic E-state index is -4.04. The lowest BCUT2D eigenvalue weighted by Crippen LogP contribution is -2.38. The van der Waals surface area contributed by atoms with Gasteiger partial charge in [-0.1, -0.05) is 55.8 Å². The molecule has 3 aromatic carbocycles. The monoisotopic (exact) mass is 500 g/mol. The summed E-state index contributed by atoms with van der Waals surface area (Å²) in [7, 11) is -2.80. The fourth-order valence-corrected chi connectivity index (χ4v) is 4.85. The van der Waals surface area contributed by atoms with Gasteiger partial charge in [0.15, 0.2) is 0 Å². The third-order valence-electron chi connectivity index (χ3n) is 5.13.